The van der Waals surface area contributed by atoms with Crippen LogP contribution in [0.2, 0.25) is 0 Å². The van der Waals surface area contributed by atoms with Crippen molar-refractivity contribution >= 4 is 34.5 Å². The first-order valence-electron chi connectivity index (χ1n) is 9.76. The van der Waals surface area contributed by atoms with Gasteiger partial charge in [-0.25, -0.2) is 0 Å². The number of hydrogen-bond acceptors (Lipinski definition) is 4. The molecule has 0 unspecified atom stereocenters. The topological polar surface area (TPSA) is 40.6 Å². The molecule has 6 heteroatoms. The third-order valence-electron chi connectivity index (χ3n) is 4.55. The molecule has 0 saturated heterocycles. The van der Waals surface area contributed by atoms with Crippen molar-refractivity contribution in [2.75, 3.05) is 13.1 Å². The molecule has 0 saturated carbocycles. The van der Waals surface area contributed by atoms with Gasteiger partial charge in [0.15, 0.2) is 0 Å². The van der Waals surface area contributed by atoms with E-state index in [1.807, 2.05) is 59.7 Å². The summed E-state index contributed by atoms with van der Waals surface area (Å²) in [6.07, 6.45) is 0.813. The number of amides is 2. The maximum absolute atomic E-state index is 13.3. The molecular weight excluding hydrogens is 400 g/mol. The van der Waals surface area contributed by atoms with Crippen molar-refractivity contribution < 1.29 is 9.59 Å². The van der Waals surface area contributed by atoms with Crippen LogP contribution in [0.15, 0.2) is 60.0 Å². The molecule has 4 nitrogen and oxygen atoms in total. The minimum atomic E-state index is -0.0678. The fraction of sp³-hybridized carbons (Fsp3) is 0.304. The van der Waals surface area contributed by atoms with Crippen LogP contribution >= 0.6 is 22.7 Å². The van der Waals surface area contributed by atoms with Crippen molar-refractivity contribution in [2.45, 2.75) is 33.4 Å². The number of rotatable bonds is 9. The van der Waals surface area contributed by atoms with Gasteiger partial charge in [0.25, 0.3) is 5.91 Å². The molecule has 0 aliphatic rings. The van der Waals surface area contributed by atoms with E-state index in [2.05, 4.69) is 19.1 Å². The van der Waals surface area contributed by atoms with Gasteiger partial charge in [-0.3, -0.25) is 9.59 Å². The number of benzene rings is 1. The highest BCUT2D eigenvalue weighted by molar-refractivity contribution is 7.12. The quantitative estimate of drug-likeness (QED) is 0.472. The molecule has 152 valence electrons. The van der Waals surface area contributed by atoms with Crippen LogP contribution in [0.4, 0.5) is 0 Å². The Morgan fingerprint density at radius 1 is 0.931 bits per heavy atom. The Kier molecular flexibility index (Phi) is 7.61. The molecule has 3 aromatic rings. The normalized spacial score (nSPS) is 10.7. The summed E-state index contributed by atoms with van der Waals surface area (Å²) in [7, 11) is 0. The summed E-state index contributed by atoms with van der Waals surface area (Å²) in [6, 6.07) is 17.8. The molecule has 0 atom stereocenters. The third-order valence-corrected chi connectivity index (χ3v) is 6.39. The summed E-state index contributed by atoms with van der Waals surface area (Å²) in [6.45, 7) is 5.85. The fourth-order valence-corrected chi connectivity index (χ4v) is 4.73. The fourth-order valence-electron chi connectivity index (χ4n) is 3.14. The van der Waals surface area contributed by atoms with Crippen LogP contribution in [0.3, 0.4) is 0 Å². The number of carbonyl (C=O) groups is 2. The van der Waals surface area contributed by atoms with Crippen LogP contribution in [0, 0.1) is 6.92 Å². The molecule has 0 N–H and O–H groups in total. The zero-order chi connectivity index (χ0) is 20.6. The second kappa shape index (κ2) is 10.4. The van der Waals surface area contributed by atoms with Gasteiger partial charge in [-0.1, -0.05) is 43.3 Å². The average Bonchev–Trinajstić information content (AvgIpc) is 3.39. The monoisotopic (exact) mass is 426 g/mol. The third kappa shape index (κ3) is 6.02. The van der Waals surface area contributed by atoms with Gasteiger partial charge in [0.1, 0.15) is 6.54 Å². The summed E-state index contributed by atoms with van der Waals surface area (Å²) >= 11 is 3.12. The zero-order valence-electron chi connectivity index (χ0n) is 16.8. The number of aryl methyl sites for hydroxylation is 1. The Morgan fingerprint density at radius 2 is 1.72 bits per heavy atom. The van der Waals surface area contributed by atoms with E-state index in [4.69, 9.17) is 0 Å². The molecule has 0 fully saturated rings. The maximum Gasteiger partial charge on any atom is 0.264 e. The molecule has 1 aromatic carbocycles. The van der Waals surface area contributed by atoms with Crippen LogP contribution in [-0.4, -0.2) is 34.7 Å². The Balaban J connectivity index is 1.77. The minimum absolute atomic E-state index is 0.0294. The number of carbonyl (C=O) groups excluding carboxylic acids is 2. The van der Waals surface area contributed by atoms with Gasteiger partial charge in [-0.15, -0.1) is 22.7 Å². The van der Waals surface area contributed by atoms with Crippen molar-refractivity contribution in [3.63, 3.8) is 0 Å². The van der Waals surface area contributed by atoms with Crippen molar-refractivity contribution in [1.29, 1.82) is 0 Å². The van der Waals surface area contributed by atoms with Gasteiger partial charge in [-0.05, 0) is 42.5 Å². The molecule has 2 aromatic heterocycles. The lowest BCUT2D eigenvalue weighted by atomic mass is 10.2. The molecule has 0 aliphatic carbocycles. The summed E-state index contributed by atoms with van der Waals surface area (Å²) in [5.41, 5.74) is 1.08. The van der Waals surface area contributed by atoms with Crippen LogP contribution in [-0.2, 0) is 17.9 Å². The van der Waals surface area contributed by atoms with E-state index in [0.29, 0.717) is 24.5 Å². The van der Waals surface area contributed by atoms with Crippen molar-refractivity contribution in [2.24, 2.45) is 0 Å². The van der Waals surface area contributed by atoms with Gasteiger partial charge >= 0.3 is 0 Å². The van der Waals surface area contributed by atoms with Crippen molar-refractivity contribution in [3.05, 3.63) is 80.2 Å². The molecule has 2 amide bonds. The van der Waals surface area contributed by atoms with E-state index >= 15 is 0 Å². The molecular formula is C23H26N2O2S2. The standard InChI is InChI=1S/C23H26N2O2S2/c1-3-13-24(23(27)21-10-7-14-28-21)17-22(26)25(15-19-8-5-4-6-9-19)16-20-12-11-18(2)29-20/h4-12,14H,3,13,15-17H2,1-2H3. The molecule has 3 rings (SSSR count). The predicted molar refractivity (Wildman–Crippen MR) is 120 cm³/mol. The SMILES string of the molecule is CCCN(CC(=O)N(Cc1ccccc1)Cc1ccc(C)s1)C(=O)c1cccs1. The predicted octanol–water partition coefficient (Wildman–Crippen LogP) is 5.20. The van der Waals surface area contributed by atoms with Crippen LogP contribution in [0.25, 0.3) is 0 Å². The van der Waals surface area contributed by atoms with Gasteiger partial charge in [0, 0.05) is 22.8 Å². The first kappa shape index (κ1) is 21.3. The second-order valence-electron chi connectivity index (χ2n) is 6.95. The average molecular weight is 427 g/mol. The van der Waals surface area contributed by atoms with E-state index in [-0.39, 0.29) is 18.4 Å². The molecule has 0 aliphatic heterocycles. The van der Waals surface area contributed by atoms with Gasteiger partial charge in [0.05, 0.1) is 11.4 Å². The second-order valence-corrected chi connectivity index (χ2v) is 9.27. The molecule has 29 heavy (non-hydrogen) atoms. The molecule has 0 bridgehead atoms. The number of thiophene rings is 2. The Labute approximate surface area is 180 Å². The highest BCUT2D eigenvalue weighted by Crippen LogP contribution is 2.19. The van der Waals surface area contributed by atoms with E-state index in [0.717, 1.165) is 16.9 Å². The van der Waals surface area contributed by atoms with E-state index in [9.17, 15) is 9.59 Å². The van der Waals surface area contributed by atoms with Gasteiger partial charge in [-0.2, -0.15) is 0 Å². The van der Waals surface area contributed by atoms with E-state index < -0.39 is 0 Å². The van der Waals surface area contributed by atoms with E-state index in [1.54, 1.807) is 16.2 Å². The largest absolute Gasteiger partial charge is 0.332 e. The smallest absolute Gasteiger partial charge is 0.264 e. The van der Waals surface area contributed by atoms with Crippen molar-refractivity contribution in [1.82, 2.24) is 9.80 Å². The maximum atomic E-state index is 13.3. The lowest BCUT2D eigenvalue weighted by molar-refractivity contribution is -0.133. The highest BCUT2D eigenvalue weighted by Gasteiger charge is 2.23. The minimum Gasteiger partial charge on any atom is -0.332 e. The Bertz CT molecular complexity index is 920. The lowest BCUT2D eigenvalue weighted by Gasteiger charge is -2.27. The summed E-state index contributed by atoms with van der Waals surface area (Å²) in [5.74, 6) is -0.0971. The van der Waals surface area contributed by atoms with Crippen LogP contribution in [0.5, 0.6) is 0 Å². The first-order valence-corrected chi connectivity index (χ1v) is 11.5. The highest BCUT2D eigenvalue weighted by atomic mass is 32.1. The van der Waals surface area contributed by atoms with Crippen LogP contribution in [0.1, 0.15) is 38.3 Å². The first-order chi connectivity index (χ1) is 14.1. The Morgan fingerprint density at radius 3 is 2.34 bits per heavy atom. The summed E-state index contributed by atoms with van der Waals surface area (Å²) in [4.78, 5) is 32.7. The number of hydrogen-bond donors (Lipinski definition) is 0. The number of nitrogens with zero attached hydrogens (tertiary/aromatic N) is 2. The lowest BCUT2D eigenvalue weighted by Crippen LogP contribution is -2.42. The Hall–Kier alpha value is -2.44. The van der Waals surface area contributed by atoms with Gasteiger partial charge < -0.3 is 9.80 Å². The summed E-state index contributed by atoms with van der Waals surface area (Å²) in [5, 5.41) is 1.89. The van der Waals surface area contributed by atoms with Crippen molar-refractivity contribution in [3.8, 4) is 0 Å². The zero-order valence-corrected chi connectivity index (χ0v) is 18.5. The molecule has 0 radical (unpaired) electrons. The van der Waals surface area contributed by atoms with E-state index in [1.165, 1.54) is 16.2 Å². The molecule has 0 spiro atoms. The van der Waals surface area contributed by atoms with Crippen LogP contribution < -0.4 is 0 Å². The van der Waals surface area contributed by atoms with Gasteiger partial charge in [0.2, 0.25) is 5.91 Å². The molecule has 2 heterocycles. The summed E-state index contributed by atoms with van der Waals surface area (Å²) < 4.78 is 0.